The molecule has 3 atom stereocenters. The van der Waals surface area contributed by atoms with Crippen LogP contribution < -0.4 is 5.73 Å². The lowest BCUT2D eigenvalue weighted by molar-refractivity contribution is 0.0607. The van der Waals surface area contributed by atoms with Crippen molar-refractivity contribution < 1.29 is 5.11 Å². The van der Waals surface area contributed by atoms with E-state index in [-0.39, 0.29) is 0 Å². The van der Waals surface area contributed by atoms with Gasteiger partial charge in [-0.3, -0.25) is 4.68 Å². The van der Waals surface area contributed by atoms with Crippen LogP contribution in [0.25, 0.3) is 0 Å². The van der Waals surface area contributed by atoms with Gasteiger partial charge in [0, 0.05) is 18.8 Å². The molecule has 0 bridgehead atoms. The predicted octanol–water partition coefficient (Wildman–Crippen LogP) is 1.34. The molecule has 1 aliphatic carbocycles. The quantitative estimate of drug-likeness (QED) is 0.844. The molecule has 5 heteroatoms. The molecule has 1 heterocycles. The lowest BCUT2D eigenvalue weighted by atomic mass is 9.85. The third kappa shape index (κ3) is 3.94. The molecular formula is C14H26N4O. The Labute approximate surface area is 115 Å². The summed E-state index contributed by atoms with van der Waals surface area (Å²) in [6, 6.07) is 0.603. The molecule has 0 aliphatic heterocycles. The maximum absolute atomic E-state index is 10.2. The maximum atomic E-state index is 10.2. The van der Waals surface area contributed by atoms with Crippen molar-refractivity contribution in [2.24, 2.45) is 5.92 Å². The van der Waals surface area contributed by atoms with Gasteiger partial charge in [0.25, 0.3) is 0 Å². The number of aromatic nitrogens is 2. The van der Waals surface area contributed by atoms with Crippen LogP contribution in [0.15, 0.2) is 12.4 Å². The van der Waals surface area contributed by atoms with E-state index in [4.69, 9.17) is 5.73 Å². The number of aliphatic hydroxyl groups excluding tert-OH is 1. The van der Waals surface area contributed by atoms with Gasteiger partial charge in [0.15, 0.2) is 0 Å². The molecule has 2 rings (SSSR count). The first-order chi connectivity index (χ1) is 9.06. The Hall–Kier alpha value is -1.07. The fourth-order valence-electron chi connectivity index (χ4n) is 3.17. The zero-order valence-electron chi connectivity index (χ0n) is 12.0. The van der Waals surface area contributed by atoms with E-state index >= 15 is 0 Å². The lowest BCUT2D eigenvalue weighted by Gasteiger charge is -2.37. The Morgan fingerprint density at radius 1 is 1.53 bits per heavy atom. The molecule has 1 aromatic rings. The van der Waals surface area contributed by atoms with Gasteiger partial charge in [0.2, 0.25) is 0 Å². The largest absolute Gasteiger partial charge is 0.396 e. The van der Waals surface area contributed by atoms with Gasteiger partial charge in [-0.05, 0) is 25.8 Å². The molecule has 108 valence electrons. The number of aliphatic hydroxyl groups is 1. The fourth-order valence-corrected chi connectivity index (χ4v) is 3.17. The second-order valence-corrected chi connectivity index (χ2v) is 5.92. The number of hydrogen-bond donors (Lipinski definition) is 2. The van der Waals surface area contributed by atoms with Crippen LogP contribution in [-0.2, 0) is 6.54 Å². The molecule has 0 aromatic carbocycles. The van der Waals surface area contributed by atoms with Gasteiger partial charge in [0.1, 0.15) is 0 Å². The van der Waals surface area contributed by atoms with E-state index in [1.165, 1.54) is 25.7 Å². The summed E-state index contributed by atoms with van der Waals surface area (Å²) in [5.74, 6) is 0.728. The summed E-state index contributed by atoms with van der Waals surface area (Å²) in [6.07, 6.45) is 8.18. The molecule has 0 spiro atoms. The number of hydrogen-bond acceptors (Lipinski definition) is 4. The Morgan fingerprint density at radius 2 is 2.26 bits per heavy atom. The van der Waals surface area contributed by atoms with Gasteiger partial charge in [-0.25, -0.2) is 0 Å². The average molecular weight is 266 g/mol. The molecule has 3 unspecified atom stereocenters. The highest BCUT2D eigenvalue weighted by atomic mass is 16.3. The third-order valence-electron chi connectivity index (χ3n) is 4.18. The van der Waals surface area contributed by atoms with Crippen molar-refractivity contribution in [3.8, 4) is 0 Å². The van der Waals surface area contributed by atoms with E-state index < -0.39 is 6.10 Å². The van der Waals surface area contributed by atoms with E-state index in [0.717, 1.165) is 5.92 Å². The number of nitrogens with zero attached hydrogens (tertiary/aromatic N) is 3. The molecule has 0 radical (unpaired) electrons. The number of anilines is 1. The van der Waals surface area contributed by atoms with Crippen LogP contribution in [-0.4, -0.2) is 45.5 Å². The highest BCUT2D eigenvalue weighted by Crippen LogP contribution is 2.27. The van der Waals surface area contributed by atoms with Crippen LogP contribution in [0.1, 0.15) is 32.6 Å². The van der Waals surface area contributed by atoms with Crippen molar-refractivity contribution in [2.45, 2.75) is 51.3 Å². The average Bonchev–Trinajstić information content (AvgIpc) is 2.74. The molecule has 1 aliphatic rings. The van der Waals surface area contributed by atoms with Crippen molar-refractivity contribution in [1.29, 1.82) is 0 Å². The summed E-state index contributed by atoms with van der Waals surface area (Å²) >= 11 is 0. The van der Waals surface area contributed by atoms with Crippen LogP contribution in [0.4, 0.5) is 5.69 Å². The first-order valence-electron chi connectivity index (χ1n) is 7.22. The van der Waals surface area contributed by atoms with Crippen LogP contribution in [0.5, 0.6) is 0 Å². The Balaban J connectivity index is 1.82. The van der Waals surface area contributed by atoms with Gasteiger partial charge in [0.05, 0.1) is 24.5 Å². The van der Waals surface area contributed by atoms with Crippen LogP contribution in [0.3, 0.4) is 0 Å². The number of rotatable bonds is 5. The van der Waals surface area contributed by atoms with Gasteiger partial charge >= 0.3 is 0 Å². The molecule has 1 fully saturated rings. The molecule has 19 heavy (non-hydrogen) atoms. The number of likely N-dealkylation sites (N-methyl/N-ethyl adjacent to an activating group) is 1. The molecule has 0 saturated heterocycles. The Kier molecular flexibility index (Phi) is 4.82. The minimum atomic E-state index is -0.404. The monoisotopic (exact) mass is 266 g/mol. The van der Waals surface area contributed by atoms with E-state index in [0.29, 0.717) is 24.8 Å². The second-order valence-electron chi connectivity index (χ2n) is 5.92. The normalized spacial score (nSPS) is 25.7. The van der Waals surface area contributed by atoms with Crippen molar-refractivity contribution in [3.63, 3.8) is 0 Å². The van der Waals surface area contributed by atoms with Gasteiger partial charge in [-0.1, -0.05) is 19.8 Å². The topological polar surface area (TPSA) is 67.3 Å². The summed E-state index contributed by atoms with van der Waals surface area (Å²) in [7, 11) is 2.12. The molecule has 3 N–H and O–H groups in total. The summed E-state index contributed by atoms with van der Waals surface area (Å²) in [5.41, 5.74) is 6.26. The summed E-state index contributed by atoms with van der Waals surface area (Å²) in [6.45, 7) is 3.51. The van der Waals surface area contributed by atoms with Crippen molar-refractivity contribution in [1.82, 2.24) is 14.7 Å². The summed E-state index contributed by atoms with van der Waals surface area (Å²) in [5, 5.41) is 14.3. The van der Waals surface area contributed by atoms with Gasteiger partial charge in [-0.15, -0.1) is 0 Å². The Morgan fingerprint density at radius 3 is 2.89 bits per heavy atom. The number of nitrogens with two attached hydrogens (primary N) is 1. The predicted molar refractivity (Wildman–Crippen MR) is 76.7 cm³/mol. The smallest absolute Gasteiger partial charge is 0.0862 e. The standard InChI is InChI=1S/C14H26N4O/c1-11-5-3-4-6-14(11)17(2)9-13(19)10-18-8-12(15)7-16-18/h7-8,11,13-14,19H,3-6,9-10,15H2,1-2H3. The van der Waals surface area contributed by atoms with E-state index in [2.05, 4.69) is 24.0 Å². The maximum Gasteiger partial charge on any atom is 0.0862 e. The summed E-state index contributed by atoms with van der Waals surface area (Å²) < 4.78 is 1.71. The first-order valence-corrected chi connectivity index (χ1v) is 7.22. The number of nitrogen functional groups attached to an aromatic ring is 1. The van der Waals surface area contributed by atoms with Gasteiger partial charge < -0.3 is 15.7 Å². The molecular weight excluding hydrogens is 240 g/mol. The van der Waals surface area contributed by atoms with E-state index in [9.17, 15) is 5.11 Å². The molecule has 1 saturated carbocycles. The Bertz CT molecular complexity index is 393. The van der Waals surface area contributed by atoms with Crippen molar-refractivity contribution in [2.75, 3.05) is 19.3 Å². The van der Waals surface area contributed by atoms with E-state index in [1.807, 2.05) is 0 Å². The highest BCUT2D eigenvalue weighted by Gasteiger charge is 2.26. The minimum absolute atomic E-state index is 0.404. The van der Waals surface area contributed by atoms with Crippen LogP contribution in [0, 0.1) is 5.92 Å². The van der Waals surface area contributed by atoms with Gasteiger partial charge in [-0.2, -0.15) is 5.10 Å². The van der Waals surface area contributed by atoms with Crippen LogP contribution >= 0.6 is 0 Å². The van der Waals surface area contributed by atoms with Crippen molar-refractivity contribution in [3.05, 3.63) is 12.4 Å². The minimum Gasteiger partial charge on any atom is -0.396 e. The lowest BCUT2D eigenvalue weighted by Crippen LogP contribution is -2.43. The first kappa shape index (κ1) is 14.3. The zero-order valence-corrected chi connectivity index (χ0v) is 12.0. The second kappa shape index (κ2) is 6.39. The SMILES string of the molecule is CC1CCCCC1N(C)CC(O)Cn1cc(N)cn1. The molecule has 5 nitrogen and oxygen atoms in total. The highest BCUT2D eigenvalue weighted by molar-refractivity contribution is 5.30. The summed E-state index contributed by atoms with van der Waals surface area (Å²) in [4.78, 5) is 2.31. The van der Waals surface area contributed by atoms with Crippen molar-refractivity contribution >= 4 is 5.69 Å². The van der Waals surface area contributed by atoms with E-state index in [1.54, 1.807) is 17.1 Å². The third-order valence-corrected chi connectivity index (χ3v) is 4.18. The zero-order chi connectivity index (χ0) is 13.8. The molecule has 1 aromatic heterocycles. The molecule has 0 amide bonds. The van der Waals surface area contributed by atoms with Crippen LogP contribution in [0.2, 0.25) is 0 Å². The fraction of sp³-hybridized carbons (Fsp3) is 0.786.